The number of halogens is 1. The molecule has 0 bridgehead atoms. The van der Waals surface area contributed by atoms with Gasteiger partial charge < -0.3 is 15.1 Å². The van der Waals surface area contributed by atoms with Crippen molar-refractivity contribution in [3.63, 3.8) is 0 Å². The van der Waals surface area contributed by atoms with Crippen molar-refractivity contribution < 1.29 is 19.4 Å². The van der Waals surface area contributed by atoms with Crippen molar-refractivity contribution in [2.75, 3.05) is 13.2 Å². The summed E-state index contributed by atoms with van der Waals surface area (Å²) in [7, 11) is 0. The molecule has 2 N–H and O–H groups in total. The molecule has 0 aromatic heterocycles. The fourth-order valence-corrected chi connectivity index (χ4v) is 2.22. The van der Waals surface area contributed by atoms with Crippen LogP contribution in [-0.4, -0.2) is 40.2 Å². The summed E-state index contributed by atoms with van der Waals surface area (Å²) in [6.45, 7) is 0.439. The van der Waals surface area contributed by atoms with E-state index in [4.69, 9.17) is 10.2 Å². The lowest BCUT2D eigenvalue weighted by atomic mass is 9.90. The lowest BCUT2D eigenvalue weighted by Gasteiger charge is -2.37. The molecule has 104 valence electrons. The highest BCUT2D eigenvalue weighted by atomic mass is 19.1. The Hall–Kier alpha value is -1.62. The molecule has 1 aliphatic rings. The monoisotopic (exact) mass is 267 g/mol. The first-order valence-corrected chi connectivity index (χ1v) is 6.54. The lowest BCUT2D eigenvalue weighted by molar-refractivity contribution is 0.0558. The number of phenols is 1. The van der Waals surface area contributed by atoms with E-state index in [0.717, 1.165) is 25.3 Å². The Labute approximate surface area is 111 Å². The highest BCUT2D eigenvalue weighted by molar-refractivity contribution is 5.95. The van der Waals surface area contributed by atoms with E-state index in [1.165, 1.54) is 12.1 Å². The van der Waals surface area contributed by atoms with Crippen molar-refractivity contribution >= 4 is 5.91 Å². The third-order valence-electron chi connectivity index (χ3n) is 3.52. The first-order chi connectivity index (χ1) is 9.13. The van der Waals surface area contributed by atoms with E-state index in [9.17, 15) is 9.18 Å². The van der Waals surface area contributed by atoms with Crippen molar-refractivity contribution in [1.29, 1.82) is 0 Å². The van der Waals surface area contributed by atoms with Gasteiger partial charge in [0.1, 0.15) is 11.6 Å². The molecule has 0 aliphatic heterocycles. The molecular formula is C14H18FNO3. The van der Waals surface area contributed by atoms with Gasteiger partial charge in [0.2, 0.25) is 0 Å². The summed E-state index contributed by atoms with van der Waals surface area (Å²) in [5.41, 5.74) is -0.0253. The van der Waals surface area contributed by atoms with Gasteiger partial charge in [0.05, 0.1) is 5.56 Å². The number of nitrogens with zero attached hydrogens (tertiary/aromatic N) is 1. The van der Waals surface area contributed by atoms with Crippen LogP contribution in [0.5, 0.6) is 5.75 Å². The van der Waals surface area contributed by atoms with Gasteiger partial charge in [-0.2, -0.15) is 0 Å². The molecule has 1 aliphatic carbocycles. The molecular weight excluding hydrogens is 249 g/mol. The predicted molar refractivity (Wildman–Crippen MR) is 68.4 cm³/mol. The van der Waals surface area contributed by atoms with Crippen LogP contribution in [0.4, 0.5) is 4.39 Å². The Morgan fingerprint density at radius 1 is 1.42 bits per heavy atom. The smallest absolute Gasteiger partial charge is 0.257 e. The zero-order valence-electron chi connectivity index (χ0n) is 10.7. The number of carbonyl (C=O) groups excluding carboxylic acids is 1. The summed E-state index contributed by atoms with van der Waals surface area (Å²) < 4.78 is 13.7. The van der Waals surface area contributed by atoms with E-state index < -0.39 is 5.82 Å². The van der Waals surface area contributed by atoms with Crippen molar-refractivity contribution in [1.82, 2.24) is 4.90 Å². The minimum absolute atomic E-state index is 0.00849. The molecule has 0 saturated heterocycles. The van der Waals surface area contributed by atoms with Crippen LogP contribution in [0.15, 0.2) is 18.2 Å². The number of phenolic OH excluding ortho intramolecular Hbond substituents is 1. The summed E-state index contributed by atoms with van der Waals surface area (Å²) in [6.07, 6.45) is 3.42. The van der Waals surface area contributed by atoms with E-state index in [2.05, 4.69) is 0 Å². The first-order valence-electron chi connectivity index (χ1n) is 6.54. The van der Waals surface area contributed by atoms with Crippen LogP contribution < -0.4 is 0 Å². The molecule has 0 heterocycles. The zero-order valence-corrected chi connectivity index (χ0v) is 10.7. The Kier molecular flexibility index (Phi) is 4.37. The van der Waals surface area contributed by atoms with Crippen molar-refractivity contribution in [3.05, 3.63) is 29.6 Å². The number of amides is 1. The Bertz CT molecular complexity index is 460. The maximum atomic E-state index is 13.7. The van der Waals surface area contributed by atoms with Crippen molar-refractivity contribution in [2.24, 2.45) is 0 Å². The van der Waals surface area contributed by atoms with Gasteiger partial charge in [0, 0.05) is 25.3 Å². The van der Waals surface area contributed by atoms with Gasteiger partial charge in [-0.05, 0) is 37.8 Å². The van der Waals surface area contributed by atoms with Crippen LogP contribution in [0.2, 0.25) is 0 Å². The number of hydrogen-bond acceptors (Lipinski definition) is 3. The highest BCUT2D eigenvalue weighted by Gasteiger charge is 2.30. The molecule has 1 saturated carbocycles. The number of benzene rings is 1. The Balaban J connectivity index is 2.17. The number of hydrogen-bond donors (Lipinski definition) is 2. The first kappa shape index (κ1) is 13.8. The quantitative estimate of drug-likeness (QED) is 0.856. The molecule has 1 aromatic rings. The van der Waals surface area contributed by atoms with Gasteiger partial charge in [0.25, 0.3) is 5.91 Å². The average molecular weight is 267 g/mol. The standard InChI is InChI=1S/C14H18FNO3/c15-13-9-11(18)5-6-12(13)14(19)16(7-2-8-17)10-3-1-4-10/h5-6,9-10,17-18H,1-4,7-8H2. The van der Waals surface area contributed by atoms with Gasteiger partial charge in [-0.25, -0.2) is 4.39 Å². The van der Waals surface area contributed by atoms with Crippen LogP contribution >= 0.6 is 0 Å². The SMILES string of the molecule is O=C(c1ccc(O)cc1F)N(CCCO)C1CCC1. The molecule has 0 radical (unpaired) electrons. The van der Waals surface area contributed by atoms with Crippen LogP contribution in [0.3, 0.4) is 0 Å². The molecule has 5 heteroatoms. The van der Waals surface area contributed by atoms with Gasteiger partial charge in [-0.15, -0.1) is 0 Å². The molecule has 1 amide bonds. The summed E-state index contributed by atoms with van der Waals surface area (Å²) in [5.74, 6) is -1.27. The summed E-state index contributed by atoms with van der Waals surface area (Å²) in [4.78, 5) is 14.0. The maximum Gasteiger partial charge on any atom is 0.257 e. The lowest BCUT2D eigenvalue weighted by Crippen LogP contribution is -2.45. The van der Waals surface area contributed by atoms with E-state index in [1.54, 1.807) is 4.90 Å². The second kappa shape index (κ2) is 6.02. The topological polar surface area (TPSA) is 60.8 Å². The molecule has 1 fully saturated rings. The van der Waals surface area contributed by atoms with Crippen LogP contribution in [0.1, 0.15) is 36.0 Å². The fraction of sp³-hybridized carbons (Fsp3) is 0.500. The number of aliphatic hydroxyl groups excluding tert-OH is 1. The second-order valence-electron chi connectivity index (χ2n) is 4.82. The number of rotatable bonds is 5. The summed E-state index contributed by atoms with van der Waals surface area (Å²) >= 11 is 0. The molecule has 19 heavy (non-hydrogen) atoms. The van der Waals surface area contributed by atoms with Crippen molar-refractivity contribution in [3.8, 4) is 5.75 Å². The normalized spacial score (nSPS) is 15.1. The number of aromatic hydroxyl groups is 1. The van der Waals surface area contributed by atoms with E-state index in [1.807, 2.05) is 0 Å². The molecule has 2 rings (SSSR count). The third-order valence-corrected chi connectivity index (χ3v) is 3.52. The highest BCUT2D eigenvalue weighted by Crippen LogP contribution is 2.27. The van der Waals surface area contributed by atoms with Gasteiger partial charge in [-0.3, -0.25) is 4.79 Å². The largest absolute Gasteiger partial charge is 0.508 e. The van der Waals surface area contributed by atoms with Gasteiger partial charge in [0.15, 0.2) is 0 Å². The zero-order chi connectivity index (χ0) is 13.8. The predicted octanol–water partition coefficient (Wildman–Crippen LogP) is 1.91. The van der Waals surface area contributed by atoms with Gasteiger partial charge >= 0.3 is 0 Å². The molecule has 0 unspecified atom stereocenters. The molecule has 0 spiro atoms. The van der Waals surface area contributed by atoms with Crippen LogP contribution in [-0.2, 0) is 0 Å². The second-order valence-corrected chi connectivity index (χ2v) is 4.82. The number of carbonyl (C=O) groups is 1. The number of aliphatic hydroxyl groups is 1. The molecule has 1 aromatic carbocycles. The summed E-state index contributed by atoms with van der Waals surface area (Å²) in [6, 6.07) is 3.70. The average Bonchev–Trinajstić information content (AvgIpc) is 2.31. The Morgan fingerprint density at radius 3 is 2.68 bits per heavy atom. The molecule has 4 nitrogen and oxygen atoms in total. The van der Waals surface area contributed by atoms with E-state index >= 15 is 0 Å². The van der Waals surface area contributed by atoms with Gasteiger partial charge in [-0.1, -0.05) is 0 Å². The summed E-state index contributed by atoms with van der Waals surface area (Å²) in [5, 5.41) is 18.1. The minimum atomic E-state index is -0.710. The fourth-order valence-electron chi connectivity index (χ4n) is 2.22. The van der Waals surface area contributed by atoms with E-state index in [-0.39, 0.29) is 29.9 Å². The minimum Gasteiger partial charge on any atom is -0.508 e. The van der Waals surface area contributed by atoms with Crippen molar-refractivity contribution in [2.45, 2.75) is 31.7 Å². The van der Waals surface area contributed by atoms with Crippen LogP contribution in [0, 0.1) is 5.82 Å². The van der Waals surface area contributed by atoms with E-state index in [0.29, 0.717) is 13.0 Å². The molecule has 0 atom stereocenters. The third kappa shape index (κ3) is 3.04. The Morgan fingerprint density at radius 2 is 2.16 bits per heavy atom. The maximum absolute atomic E-state index is 13.7. The van der Waals surface area contributed by atoms with Crippen LogP contribution in [0.25, 0.3) is 0 Å².